The number of carboxylic acids is 1. The molecule has 0 aliphatic carbocycles. The van der Waals surface area contributed by atoms with Crippen molar-refractivity contribution in [3.63, 3.8) is 0 Å². The maximum absolute atomic E-state index is 10.9. The van der Waals surface area contributed by atoms with Crippen molar-refractivity contribution in [3.8, 4) is 0 Å². The van der Waals surface area contributed by atoms with Gasteiger partial charge >= 0.3 is 5.97 Å². The highest BCUT2D eigenvalue weighted by Crippen LogP contribution is 2.22. The summed E-state index contributed by atoms with van der Waals surface area (Å²) in [4.78, 5) is 13.0. The zero-order valence-electron chi connectivity index (χ0n) is 8.32. The first kappa shape index (κ1) is 9.93. The molecule has 2 heterocycles. The van der Waals surface area contributed by atoms with E-state index < -0.39 is 5.97 Å². The Morgan fingerprint density at radius 3 is 3.00 bits per heavy atom. The summed E-state index contributed by atoms with van der Waals surface area (Å²) in [6.45, 7) is 3.49. The Bertz CT molecular complexity index is 213. The Balaban J connectivity index is 1.86. The third kappa shape index (κ3) is 2.07. The van der Waals surface area contributed by atoms with Crippen LogP contribution < -0.4 is 0 Å². The van der Waals surface area contributed by atoms with Crippen LogP contribution in [0.4, 0.5) is 0 Å². The van der Waals surface area contributed by atoms with E-state index in [9.17, 15) is 4.79 Å². The van der Waals surface area contributed by atoms with Crippen LogP contribution >= 0.6 is 0 Å². The van der Waals surface area contributed by atoms with Crippen molar-refractivity contribution in [2.75, 3.05) is 26.3 Å². The molecule has 0 saturated carbocycles. The van der Waals surface area contributed by atoms with Gasteiger partial charge in [0.2, 0.25) is 0 Å². The lowest BCUT2D eigenvalue weighted by Crippen LogP contribution is -2.39. The molecule has 4 nitrogen and oxygen atoms in total. The summed E-state index contributed by atoms with van der Waals surface area (Å²) in [7, 11) is 0. The fourth-order valence-corrected chi connectivity index (χ4v) is 2.38. The van der Waals surface area contributed by atoms with Gasteiger partial charge in [0.25, 0.3) is 0 Å². The largest absolute Gasteiger partial charge is 0.480 e. The molecule has 0 amide bonds. The number of likely N-dealkylation sites (tertiary alicyclic amines) is 1. The van der Waals surface area contributed by atoms with Gasteiger partial charge in [-0.25, -0.2) is 0 Å². The lowest BCUT2D eigenvalue weighted by Gasteiger charge is -2.23. The Morgan fingerprint density at radius 1 is 1.50 bits per heavy atom. The van der Waals surface area contributed by atoms with E-state index in [1.54, 1.807) is 0 Å². The predicted octanol–water partition coefficient (Wildman–Crippen LogP) is 0.572. The third-order valence-electron chi connectivity index (χ3n) is 3.17. The zero-order valence-corrected chi connectivity index (χ0v) is 8.32. The second kappa shape index (κ2) is 4.28. The number of rotatable bonds is 3. The van der Waals surface area contributed by atoms with Gasteiger partial charge in [-0.1, -0.05) is 0 Å². The summed E-state index contributed by atoms with van der Waals surface area (Å²) in [6.07, 6.45) is 2.91. The summed E-state index contributed by atoms with van der Waals surface area (Å²) in [5.41, 5.74) is 0. The molecule has 2 aliphatic rings. The van der Waals surface area contributed by atoms with Gasteiger partial charge in [-0.05, 0) is 31.7 Å². The number of nitrogens with zero attached hydrogens (tertiary/aromatic N) is 1. The molecule has 2 atom stereocenters. The van der Waals surface area contributed by atoms with Crippen LogP contribution in [0.25, 0.3) is 0 Å². The second-order valence-electron chi connectivity index (χ2n) is 4.22. The first-order chi connectivity index (χ1) is 6.77. The molecule has 0 spiro atoms. The quantitative estimate of drug-likeness (QED) is 0.722. The molecule has 1 unspecified atom stereocenters. The minimum atomic E-state index is -0.665. The third-order valence-corrected chi connectivity index (χ3v) is 3.17. The highest BCUT2D eigenvalue weighted by atomic mass is 16.5. The number of carbonyl (C=O) groups is 1. The summed E-state index contributed by atoms with van der Waals surface area (Å²) in [5.74, 6) is -0.114. The average molecular weight is 199 g/mol. The smallest absolute Gasteiger partial charge is 0.320 e. The highest BCUT2D eigenvalue weighted by molar-refractivity contribution is 5.73. The second-order valence-corrected chi connectivity index (χ2v) is 4.22. The first-order valence-electron chi connectivity index (χ1n) is 5.32. The van der Waals surface area contributed by atoms with E-state index in [1.165, 1.54) is 0 Å². The topological polar surface area (TPSA) is 49.8 Å². The van der Waals surface area contributed by atoms with Crippen LogP contribution in [0.5, 0.6) is 0 Å². The van der Waals surface area contributed by atoms with E-state index in [0.717, 1.165) is 45.6 Å². The van der Waals surface area contributed by atoms with E-state index in [-0.39, 0.29) is 6.04 Å². The standard InChI is InChI=1S/C10H17NO3/c12-10(13)9-2-1-4-11(9)6-8-3-5-14-7-8/h8-9H,1-7H2,(H,12,13)/t8?,9-/m1/s1. The normalized spacial score (nSPS) is 33.7. The van der Waals surface area contributed by atoms with Crippen molar-refractivity contribution in [2.24, 2.45) is 5.92 Å². The van der Waals surface area contributed by atoms with Crippen LogP contribution in [0.2, 0.25) is 0 Å². The fourth-order valence-electron chi connectivity index (χ4n) is 2.38. The van der Waals surface area contributed by atoms with Crippen molar-refractivity contribution in [1.29, 1.82) is 0 Å². The van der Waals surface area contributed by atoms with Crippen molar-refractivity contribution in [1.82, 2.24) is 4.90 Å². The number of aliphatic carboxylic acids is 1. The highest BCUT2D eigenvalue weighted by Gasteiger charge is 2.32. The maximum Gasteiger partial charge on any atom is 0.320 e. The van der Waals surface area contributed by atoms with Gasteiger partial charge < -0.3 is 9.84 Å². The van der Waals surface area contributed by atoms with Crippen LogP contribution in [0, 0.1) is 5.92 Å². The van der Waals surface area contributed by atoms with Crippen molar-refractivity contribution in [3.05, 3.63) is 0 Å². The lowest BCUT2D eigenvalue weighted by molar-refractivity contribution is -0.142. The van der Waals surface area contributed by atoms with Gasteiger partial charge in [0.15, 0.2) is 0 Å². The van der Waals surface area contributed by atoms with Crippen molar-refractivity contribution < 1.29 is 14.6 Å². The van der Waals surface area contributed by atoms with E-state index in [4.69, 9.17) is 9.84 Å². The molecule has 0 radical (unpaired) electrons. The molecule has 2 aliphatic heterocycles. The molecule has 0 bridgehead atoms. The number of hydrogen-bond acceptors (Lipinski definition) is 3. The van der Waals surface area contributed by atoms with Crippen LogP contribution in [-0.4, -0.2) is 48.3 Å². The maximum atomic E-state index is 10.9. The molecular formula is C10H17NO3. The monoisotopic (exact) mass is 199 g/mol. The van der Waals surface area contributed by atoms with E-state index in [2.05, 4.69) is 4.90 Å². The first-order valence-corrected chi connectivity index (χ1v) is 5.32. The lowest BCUT2D eigenvalue weighted by atomic mass is 10.1. The van der Waals surface area contributed by atoms with Gasteiger partial charge in [-0.3, -0.25) is 9.69 Å². The van der Waals surface area contributed by atoms with Gasteiger partial charge in [0.05, 0.1) is 6.61 Å². The Morgan fingerprint density at radius 2 is 2.36 bits per heavy atom. The van der Waals surface area contributed by atoms with Crippen LogP contribution in [0.3, 0.4) is 0 Å². The van der Waals surface area contributed by atoms with Crippen LogP contribution in [0.1, 0.15) is 19.3 Å². The zero-order chi connectivity index (χ0) is 9.97. The van der Waals surface area contributed by atoms with Gasteiger partial charge in [0.1, 0.15) is 6.04 Å². The van der Waals surface area contributed by atoms with Crippen LogP contribution in [0.15, 0.2) is 0 Å². The van der Waals surface area contributed by atoms with Gasteiger partial charge in [0, 0.05) is 13.2 Å². The summed E-state index contributed by atoms with van der Waals surface area (Å²) in [6, 6.07) is -0.240. The summed E-state index contributed by atoms with van der Waals surface area (Å²) in [5, 5.41) is 8.98. The van der Waals surface area contributed by atoms with Gasteiger partial charge in [-0.2, -0.15) is 0 Å². The van der Waals surface area contributed by atoms with Crippen molar-refractivity contribution >= 4 is 5.97 Å². The molecule has 2 saturated heterocycles. The van der Waals surface area contributed by atoms with E-state index in [1.807, 2.05) is 0 Å². The molecule has 80 valence electrons. The summed E-state index contributed by atoms with van der Waals surface area (Å²) >= 11 is 0. The van der Waals surface area contributed by atoms with Gasteiger partial charge in [-0.15, -0.1) is 0 Å². The Kier molecular flexibility index (Phi) is 3.03. The molecule has 0 aromatic heterocycles. The van der Waals surface area contributed by atoms with E-state index >= 15 is 0 Å². The number of carboxylic acid groups (broad SMARTS) is 1. The SMILES string of the molecule is O=C(O)[C@H]1CCCN1CC1CCOC1. The number of hydrogen-bond donors (Lipinski definition) is 1. The molecule has 1 N–H and O–H groups in total. The molecule has 0 aromatic rings. The fraction of sp³-hybridized carbons (Fsp3) is 0.900. The Hall–Kier alpha value is -0.610. The summed E-state index contributed by atoms with van der Waals surface area (Å²) < 4.78 is 5.29. The Labute approximate surface area is 83.8 Å². The molecular weight excluding hydrogens is 182 g/mol. The number of ether oxygens (including phenoxy) is 1. The molecule has 2 rings (SSSR count). The van der Waals surface area contributed by atoms with Crippen LogP contribution in [-0.2, 0) is 9.53 Å². The van der Waals surface area contributed by atoms with Crippen molar-refractivity contribution in [2.45, 2.75) is 25.3 Å². The molecule has 2 fully saturated rings. The van der Waals surface area contributed by atoms with E-state index in [0.29, 0.717) is 5.92 Å². The minimum Gasteiger partial charge on any atom is -0.480 e. The molecule has 14 heavy (non-hydrogen) atoms. The molecule has 0 aromatic carbocycles. The predicted molar refractivity (Wildman–Crippen MR) is 51.2 cm³/mol. The molecule has 4 heteroatoms. The minimum absolute atomic E-state index is 0.240. The average Bonchev–Trinajstić information content (AvgIpc) is 2.75.